The van der Waals surface area contributed by atoms with Crippen LogP contribution in [0.2, 0.25) is 0 Å². The van der Waals surface area contributed by atoms with Crippen molar-refractivity contribution in [1.29, 1.82) is 0 Å². The van der Waals surface area contributed by atoms with Gasteiger partial charge in [0.05, 0.1) is 0 Å². The topological polar surface area (TPSA) is 76.4 Å². The van der Waals surface area contributed by atoms with Crippen LogP contribution in [-0.2, 0) is 4.79 Å². The third-order valence-electron chi connectivity index (χ3n) is 4.22. The second-order valence-electron chi connectivity index (χ2n) is 5.88. The Morgan fingerprint density at radius 3 is 2.43 bits per heavy atom. The van der Waals surface area contributed by atoms with Crippen LogP contribution in [0.5, 0.6) is 0 Å². The molecule has 0 radical (unpaired) electrons. The minimum atomic E-state index is -1.45. The third-order valence-corrected chi connectivity index (χ3v) is 4.22. The smallest absolute Gasteiger partial charge is 0.423 e. The molecule has 2 rings (SSSR count). The monoisotopic (exact) mass is 293 g/mol. The minimum absolute atomic E-state index is 0.0243. The standard InChI is InChI=1S/C14H24BN3O3/c1-4-14(19)18-10(2)8-17(9-11(18)3)13-6-5-12(7-16-13)15(20)21/h5,7,10-11,13,20-21H,4,6,8-9H2,1-3H3/t10-,11+,13-/m0/s1. The van der Waals surface area contributed by atoms with Gasteiger partial charge in [-0.05, 0) is 19.3 Å². The highest BCUT2D eigenvalue weighted by molar-refractivity contribution is 6.57. The van der Waals surface area contributed by atoms with Crippen molar-refractivity contribution in [2.24, 2.45) is 4.99 Å². The highest BCUT2D eigenvalue weighted by atomic mass is 16.4. The molecule has 2 heterocycles. The van der Waals surface area contributed by atoms with Gasteiger partial charge in [-0.2, -0.15) is 0 Å². The number of hydrogen-bond donors (Lipinski definition) is 2. The van der Waals surface area contributed by atoms with Crippen molar-refractivity contribution in [2.75, 3.05) is 13.1 Å². The zero-order chi connectivity index (χ0) is 15.6. The highest BCUT2D eigenvalue weighted by Gasteiger charge is 2.35. The summed E-state index contributed by atoms with van der Waals surface area (Å²) in [6.45, 7) is 7.63. The molecule has 21 heavy (non-hydrogen) atoms. The lowest BCUT2D eigenvalue weighted by Gasteiger charge is -2.46. The summed E-state index contributed by atoms with van der Waals surface area (Å²) in [5.74, 6) is 0.201. The fourth-order valence-corrected chi connectivity index (χ4v) is 3.22. The van der Waals surface area contributed by atoms with Gasteiger partial charge in [0.1, 0.15) is 6.17 Å². The Kier molecular flexibility index (Phi) is 5.19. The first kappa shape index (κ1) is 16.2. The Hall–Kier alpha value is -1.18. The van der Waals surface area contributed by atoms with Gasteiger partial charge in [-0.3, -0.25) is 14.7 Å². The molecule has 2 N–H and O–H groups in total. The Labute approximate surface area is 126 Å². The summed E-state index contributed by atoms with van der Waals surface area (Å²) in [6.07, 6.45) is 4.59. The lowest BCUT2D eigenvalue weighted by atomic mass is 9.78. The number of carbonyl (C=O) groups is 1. The van der Waals surface area contributed by atoms with E-state index in [0.29, 0.717) is 18.3 Å². The molecule has 0 aliphatic carbocycles. The molecule has 0 aromatic carbocycles. The second-order valence-corrected chi connectivity index (χ2v) is 5.88. The molecular formula is C14H24BN3O3. The van der Waals surface area contributed by atoms with Crippen LogP contribution in [0.4, 0.5) is 0 Å². The van der Waals surface area contributed by atoms with E-state index < -0.39 is 7.12 Å². The highest BCUT2D eigenvalue weighted by Crippen LogP contribution is 2.22. The zero-order valence-electron chi connectivity index (χ0n) is 12.9. The number of allylic oxidation sites excluding steroid dienone is 1. The molecule has 0 aromatic rings. The van der Waals surface area contributed by atoms with Crippen molar-refractivity contribution in [3.05, 3.63) is 11.5 Å². The predicted molar refractivity (Wildman–Crippen MR) is 82.8 cm³/mol. The average molecular weight is 293 g/mol. The van der Waals surface area contributed by atoms with Gasteiger partial charge in [-0.25, -0.2) is 0 Å². The van der Waals surface area contributed by atoms with E-state index in [9.17, 15) is 4.79 Å². The summed E-state index contributed by atoms with van der Waals surface area (Å²) in [4.78, 5) is 20.7. The summed E-state index contributed by atoms with van der Waals surface area (Å²) in [5.41, 5.74) is 0.451. The molecule has 0 aromatic heterocycles. The number of carbonyl (C=O) groups excluding carboxylic acids is 1. The fraction of sp³-hybridized carbons (Fsp3) is 0.714. The molecule has 0 saturated carbocycles. The van der Waals surface area contributed by atoms with Crippen LogP contribution in [-0.4, -0.2) is 70.4 Å². The van der Waals surface area contributed by atoms with Crippen molar-refractivity contribution in [1.82, 2.24) is 9.80 Å². The Bertz CT molecular complexity index is 441. The Morgan fingerprint density at radius 1 is 1.38 bits per heavy atom. The largest absolute Gasteiger partial charge is 0.489 e. The summed E-state index contributed by atoms with van der Waals surface area (Å²) < 4.78 is 0. The predicted octanol–water partition coefficient (Wildman–Crippen LogP) is 0.0566. The van der Waals surface area contributed by atoms with Gasteiger partial charge in [0.25, 0.3) is 0 Å². The number of aliphatic imine (C=N–C) groups is 1. The van der Waals surface area contributed by atoms with E-state index >= 15 is 0 Å². The van der Waals surface area contributed by atoms with Gasteiger partial charge in [0.2, 0.25) is 5.91 Å². The molecule has 0 spiro atoms. The van der Waals surface area contributed by atoms with Crippen LogP contribution in [0.1, 0.15) is 33.6 Å². The summed E-state index contributed by atoms with van der Waals surface area (Å²) in [6, 6.07) is 0.343. The maximum atomic E-state index is 12.0. The molecule has 6 nitrogen and oxygen atoms in total. The van der Waals surface area contributed by atoms with Crippen molar-refractivity contribution >= 4 is 19.2 Å². The summed E-state index contributed by atoms with van der Waals surface area (Å²) in [7, 11) is -1.45. The van der Waals surface area contributed by atoms with Gasteiger partial charge in [-0.1, -0.05) is 13.0 Å². The molecule has 1 amide bonds. The first-order valence-electron chi connectivity index (χ1n) is 7.58. The average Bonchev–Trinajstić information content (AvgIpc) is 2.46. The van der Waals surface area contributed by atoms with E-state index in [1.54, 1.807) is 0 Å². The molecule has 3 atom stereocenters. The maximum Gasteiger partial charge on any atom is 0.489 e. The number of hydrogen-bond acceptors (Lipinski definition) is 5. The molecule has 2 aliphatic rings. The summed E-state index contributed by atoms with van der Waals surface area (Å²) in [5, 5.41) is 18.2. The van der Waals surface area contributed by atoms with Crippen LogP contribution < -0.4 is 0 Å². The first-order valence-corrected chi connectivity index (χ1v) is 7.58. The van der Waals surface area contributed by atoms with E-state index in [0.717, 1.165) is 13.1 Å². The van der Waals surface area contributed by atoms with E-state index in [2.05, 4.69) is 23.7 Å². The molecule has 7 heteroatoms. The van der Waals surface area contributed by atoms with E-state index in [4.69, 9.17) is 10.0 Å². The molecule has 1 fully saturated rings. The van der Waals surface area contributed by atoms with Gasteiger partial charge >= 0.3 is 7.12 Å². The minimum Gasteiger partial charge on any atom is -0.423 e. The SMILES string of the molecule is CCC(=O)N1[C@H](C)CN([C@H]2CC=C(B(O)O)C=N2)C[C@@H]1C. The molecule has 0 bridgehead atoms. The van der Waals surface area contributed by atoms with Crippen LogP contribution in [0.3, 0.4) is 0 Å². The Balaban J connectivity index is 1.99. The quantitative estimate of drug-likeness (QED) is 0.721. The third kappa shape index (κ3) is 3.54. The molecule has 2 aliphatic heterocycles. The van der Waals surface area contributed by atoms with E-state index in [1.165, 1.54) is 6.21 Å². The van der Waals surface area contributed by atoms with Crippen LogP contribution in [0, 0.1) is 0 Å². The Morgan fingerprint density at radius 2 is 2.00 bits per heavy atom. The fourth-order valence-electron chi connectivity index (χ4n) is 3.22. The zero-order valence-corrected chi connectivity index (χ0v) is 12.9. The number of piperazine rings is 1. The van der Waals surface area contributed by atoms with Crippen LogP contribution >= 0.6 is 0 Å². The number of dihydropyridines is 1. The van der Waals surface area contributed by atoms with E-state index in [1.807, 2.05) is 17.9 Å². The van der Waals surface area contributed by atoms with Crippen LogP contribution in [0.15, 0.2) is 16.5 Å². The van der Waals surface area contributed by atoms with Crippen molar-refractivity contribution < 1.29 is 14.8 Å². The lowest BCUT2D eigenvalue weighted by molar-refractivity contribution is -0.139. The van der Waals surface area contributed by atoms with Crippen molar-refractivity contribution in [3.63, 3.8) is 0 Å². The molecule has 0 unspecified atom stereocenters. The lowest BCUT2D eigenvalue weighted by Crippen LogP contribution is -2.60. The number of nitrogens with zero attached hydrogens (tertiary/aromatic N) is 3. The van der Waals surface area contributed by atoms with Gasteiger partial charge in [0.15, 0.2) is 0 Å². The maximum absolute atomic E-state index is 12.0. The normalized spacial score (nSPS) is 30.2. The van der Waals surface area contributed by atoms with Gasteiger partial charge in [-0.15, -0.1) is 0 Å². The van der Waals surface area contributed by atoms with E-state index in [-0.39, 0.29) is 24.2 Å². The number of rotatable bonds is 3. The van der Waals surface area contributed by atoms with Crippen molar-refractivity contribution in [3.8, 4) is 0 Å². The van der Waals surface area contributed by atoms with Gasteiger partial charge in [0, 0.05) is 44.2 Å². The number of amides is 1. The molecular weight excluding hydrogens is 269 g/mol. The second kappa shape index (κ2) is 6.72. The first-order chi connectivity index (χ1) is 9.93. The molecule has 116 valence electrons. The molecule has 1 saturated heterocycles. The summed E-state index contributed by atoms with van der Waals surface area (Å²) >= 11 is 0. The van der Waals surface area contributed by atoms with Crippen LogP contribution in [0.25, 0.3) is 0 Å². The van der Waals surface area contributed by atoms with Gasteiger partial charge < -0.3 is 14.9 Å². The van der Waals surface area contributed by atoms with Crippen molar-refractivity contribution in [2.45, 2.75) is 51.9 Å².